The van der Waals surface area contributed by atoms with E-state index in [0.29, 0.717) is 23.9 Å². The second-order valence-corrected chi connectivity index (χ2v) is 28.3. The molecule has 0 saturated heterocycles. The summed E-state index contributed by atoms with van der Waals surface area (Å²) in [5, 5.41) is 11.9. The first-order valence-electron chi connectivity index (χ1n) is 40.1. The third-order valence-electron chi connectivity index (χ3n) is 17.9. The molecule has 542 valence electrons. The van der Waals surface area contributed by atoms with Crippen LogP contribution < -0.4 is 5.11 Å². The molecule has 0 spiro atoms. The van der Waals surface area contributed by atoms with Gasteiger partial charge in [-0.2, -0.15) is 0 Å². The number of esters is 2. The number of allylic oxidation sites excluding steroid dienone is 12. The van der Waals surface area contributed by atoms with Crippen molar-refractivity contribution < 1.29 is 42.9 Å². The van der Waals surface area contributed by atoms with E-state index in [9.17, 15) is 19.5 Å². The summed E-state index contributed by atoms with van der Waals surface area (Å²) in [5.41, 5.74) is 0. The van der Waals surface area contributed by atoms with Crippen molar-refractivity contribution in [1.82, 2.24) is 0 Å². The molecule has 0 radical (unpaired) electrons. The van der Waals surface area contributed by atoms with Gasteiger partial charge in [-0.15, -0.1) is 0 Å². The molecule has 9 heteroatoms. The highest BCUT2D eigenvalue weighted by molar-refractivity contribution is 5.70. The summed E-state index contributed by atoms with van der Waals surface area (Å²) in [7, 11) is 5.95. The van der Waals surface area contributed by atoms with E-state index >= 15 is 0 Å². The van der Waals surface area contributed by atoms with Crippen LogP contribution in [0.3, 0.4) is 0 Å². The Kier molecular flexibility index (Phi) is 71.9. The lowest BCUT2D eigenvalue weighted by Gasteiger charge is -2.26. The summed E-state index contributed by atoms with van der Waals surface area (Å²) >= 11 is 0. The van der Waals surface area contributed by atoms with Crippen molar-refractivity contribution in [2.45, 2.75) is 399 Å². The van der Waals surface area contributed by atoms with Crippen LogP contribution in [0.4, 0.5) is 0 Å². The van der Waals surface area contributed by atoms with Crippen LogP contribution in [0.1, 0.15) is 386 Å². The van der Waals surface area contributed by atoms with E-state index < -0.39 is 24.3 Å². The fourth-order valence-electron chi connectivity index (χ4n) is 11.9. The minimum atomic E-state index is -1.62. The zero-order valence-electron chi connectivity index (χ0n) is 62.1. The number of carbonyl (C=O) groups excluding carboxylic acids is 3. The minimum Gasteiger partial charge on any atom is -0.545 e. The number of ether oxygens (including phenoxy) is 4. The average molecular weight is 1310 g/mol. The second-order valence-electron chi connectivity index (χ2n) is 28.3. The summed E-state index contributed by atoms with van der Waals surface area (Å²) in [6.45, 7) is 4.69. The first kappa shape index (κ1) is 89.7. The predicted octanol–water partition coefficient (Wildman–Crippen LogP) is 24.3. The summed E-state index contributed by atoms with van der Waals surface area (Å²) in [5.74, 6) is -2.25. The van der Waals surface area contributed by atoms with Gasteiger partial charge in [-0.05, 0) is 83.5 Å². The lowest BCUT2D eigenvalue weighted by molar-refractivity contribution is -0.870. The number of hydrogen-bond donors (Lipinski definition) is 0. The summed E-state index contributed by atoms with van der Waals surface area (Å²) < 4.78 is 22.9. The van der Waals surface area contributed by atoms with Gasteiger partial charge in [0.15, 0.2) is 12.4 Å². The molecule has 0 saturated carbocycles. The van der Waals surface area contributed by atoms with Crippen molar-refractivity contribution in [3.63, 3.8) is 0 Å². The van der Waals surface area contributed by atoms with Gasteiger partial charge in [0, 0.05) is 12.8 Å². The Morgan fingerprint density at radius 1 is 0.333 bits per heavy atom. The largest absolute Gasteiger partial charge is 0.545 e. The number of aliphatic carboxylic acids is 1. The SMILES string of the molecule is CC/C=C\C/C=C\C/C=C\C/C=C\CCCCCCCCCCCCCCCCCCCCCCC(=O)OC(COC(=O)CCCCCCCCCCCCCCCCCCCCCCCCC/C=C\C/C=C\CCCCCCC)COC(OCC[N+](C)(C)C)C(=O)[O-]. The molecule has 0 heterocycles. The van der Waals surface area contributed by atoms with Crippen LogP contribution in [0, 0.1) is 0 Å². The lowest BCUT2D eigenvalue weighted by atomic mass is 10.0. The number of carboxylic acids is 1. The molecule has 0 amide bonds. The maximum Gasteiger partial charge on any atom is 0.306 e. The van der Waals surface area contributed by atoms with Gasteiger partial charge in [-0.1, -0.05) is 363 Å². The Morgan fingerprint density at radius 3 is 0.914 bits per heavy atom. The second kappa shape index (κ2) is 74.5. The lowest BCUT2D eigenvalue weighted by Crippen LogP contribution is -2.44. The first-order chi connectivity index (χ1) is 45.6. The van der Waals surface area contributed by atoms with Crippen LogP contribution in [-0.2, 0) is 33.3 Å². The number of hydrogen-bond acceptors (Lipinski definition) is 8. The van der Waals surface area contributed by atoms with E-state index in [1.54, 1.807) is 0 Å². The topological polar surface area (TPSA) is 111 Å². The van der Waals surface area contributed by atoms with Crippen molar-refractivity contribution in [2.24, 2.45) is 0 Å². The molecular formula is C84H153NO8. The zero-order chi connectivity index (χ0) is 67.5. The standard InChI is InChI=1S/C84H153NO8/c1-6-8-10-12-14-16-18-20-22-24-26-28-30-32-34-36-38-40-41-43-44-46-48-50-52-54-56-58-60-62-64-66-68-70-72-74-81(86)91-78-80(79-92-84(83(88)89)90-77-76-85(3,4)5)93-82(87)75-73-71-69-67-65-63-61-59-57-55-53-51-49-47-45-42-39-37-35-33-31-29-27-25-23-21-19-17-15-13-11-9-7-2/h9,11,15,17-18,20-21,23-24,26-27,29,80,84H,6-8,10,12-14,16,19,22,25,28,30-79H2,1-5H3/b11-9-,17-15-,20-18-,23-21-,26-24-,29-27-. The third-order valence-corrected chi connectivity index (χ3v) is 17.9. The van der Waals surface area contributed by atoms with E-state index in [-0.39, 0.29) is 32.2 Å². The van der Waals surface area contributed by atoms with Crippen molar-refractivity contribution in [2.75, 3.05) is 47.5 Å². The van der Waals surface area contributed by atoms with E-state index in [1.165, 1.54) is 289 Å². The quantitative estimate of drug-likeness (QED) is 0.0195. The molecule has 2 unspecified atom stereocenters. The molecular weight excluding hydrogens is 1150 g/mol. The number of nitrogens with zero attached hydrogens (tertiary/aromatic N) is 1. The van der Waals surface area contributed by atoms with Gasteiger partial charge in [-0.3, -0.25) is 9.59 Å². The molecule has 0 N–H and O–H groups in total. The Bertz CT molecular complexity index is 1760. The molecule has 93 heavy (non-hydrogen) atoms. The van der Waals surface area contributed by atoms with Gasteiger partial charge >= 0.3 is 11.9 Å². The van der Waals surface area contributed by atoms with E-state index in [0.717, 1.165) is 64.2 Å². The Balaban J connectivity index is 3.98. The summed E-state index contributed by atoms with van der Waals surface area (Å²) in [4.78, 5) is 37.6. The molecule has 0 aromatic rings. The van der Waals surface area contributed by atoms with Gasteiger partial charge in [0.25, 0.3) is 0 Å². The third kappa shape index (κ3) is 76.0. The van der Waals surface area contributed by atoms with Crippen molar-refractivity contribution >= 4 is 17.9 Å². The highest BCUT2D eigenvalue weighted by Gasteiger charge is 2.22. The maximum atomic E-state index is 13.0. The summed E-state index contributed by atoms with van der Waals surface area (Å²) in [6, 6.07) is 0. The van der Waals surface area contributed by atoms with E-state index in [2.05, 4.69) is 86.8 Å². The Hall–Kier alpha value is -3.27. The average Bonchev–Trinajstić information content (AvgIpc) is 3.74. The number of unbranched alkanes of at least 4 members (excludes halogenated alkanes) is 48. The van der Waals surface area contributed by atoms with Gasteiger partial charge in [0.2, 0.25) is 0 Å². The number of carboxylic acid groups (broad SMARTS) is 1. The molecule has 0 aromatic heterocycles. The number of carbonyl (C=O) groups is 3. The Morgan fingerprint density at radius 2 is 0.613 bits per heavy atom. The van der Waals surface area contributed by atoms with Crippen LogP contribution in [0.5, 0.6) is 0 Å². The number of rotatable bonds is 75. The molecule has 0 aliphatic carbocycles. The van der Waals surface area contributed by atoms with Crippen LogP contribution >= 0.6 is 0 Å². The van der Waals surface area contributed by atoms with Crippen molar-refractivity contribution in [3.8, 4) is 0 Å². The zero-order valence-corrected chi connectivity index (χ0v) is 62.1. The van der Waals surface area contributed by atoms with Gasteiger partial charge in [-0.25, -0.2) is 0 Å². The molecule has 0 fully saturated rings. The van der Waals surface area contributed by atoms with E-state index in [1.807, 2.05) is 21.1 Å². The molecule has 9 nitrogen and oxygen atoms in total. The normalized spacial score (nSPS) is 13.0. The van der Waals surface area contributed by atoms with Crippen LogP contribution in [0.2, 0.25) is 0 Å². The maximum absolute atomic E-state index is 13.0. The predicted molar refractivity (Wildman–Crippen MR) is 398 cm³/mol. The van der Waals surface area contributed by atoms with Crippen LogP contribution in [-0.4, -0.2) is 82.3 Å². The van der Waals surface area contributed by atoms with Gasteiger partial charge < -0.3 is 33.3 Å². The monoisotopic (exact) mass is 1300 g/mol. The number of quaternary nitrogens is 1. The van der Waals surface area contributed by atoms with Gasteiger partial charge in [0.05, 0.1) is 40.3 Å². The molecule has 0 rings (SSSR count). The highest BCUT2D eigenvalue weighted by Crippen LogP contribution is 2.19. The molecule has 0 aromatic carbocycles. The fourth-order valence-corrected chi connectivity index (χ4v) is 11.9. The fraction of sp³-hybridized carbons (Fsp3) is 0.821. The Labute approximate surface area is 577 Å². The molecule has 0 aliphatic rings. The summed E-state index contributed by atoms with van der Waals surface area (Å²) in [6.07, 6.45) is 97.4. The smallest absolute Gasteiger partial charge is 0.306 e. The van der Waals surface area contributed by atoms with E-state index in [4.69, 9.17) is 18.9 Å². The first-order valence-corrected chi connectivity index (χ1v) is 40.1. The van der Waals surface area contributed by atoms with Crippen molar-refractivity contribution in [1.29, 1.82) is 0 Å². The molecule has 0 aliphatic heterocycles. The van der Waals surface area contributed by atoms with Crippen LogP contribution in [0.25, 0.3) is 0 Å². The highest BCUT2D eigenvalue weighted by atomic mass is 16.7. The molecule has 2 atom stereocenters. The van der Waals surface area contributed by atoms with Gasteiger partial charge in [0.1, 0.15) is 13.2 Å². The molecule has 0 bridgehead atoms. The number of likely N-dealkylation sites (N-methyl/N-ethyl adjacent to an activating group) is 1. The van der Waals surface area contributed by atoms with Crippen LogP contribution in [0.15, 0.2) is 72.9 Å². The van der Waals surface area contributed by atoms with Crippen molar-refractivity contribution in [3.05, 3.63) is 72.9 Å². The minimum absolute atomic E-state index is 0.149.